The summed E-state index contributed by atoms with van der Waals surface area (Å²) in [4.78, 5) is 34.5. The summed E-state index contributed by atoms with van der Waals surface area (Å²) in [5.74, 6) is -1.49. The van der Waals surface area contributed by atoms with Crippen LogP contribution in [0.15, 0.2) is 0 Å². The third-order valence-corrected chi connectivity index (χ3v) is 3.38. The zero-order chi connectivity index (χ0) is 16.7. The second-order valence-corrected chi connectivity index (χ2v) is 6.62. The summed E-state index contributed by atoms with van der Waals surface area (Å²) < 4.78 is 0. The molecule has 0 aromatic rings. The summed E-state index contributed by atoms with van der Waals surface area (Å²) in [6.45, 7) is 9.38. The molecular formula is C15H28N2O4. The van der Waals surface area contributed by atoms with Gasteiger partial charge in [0.15, 0.2) is 0 Å². The van der Waals surface area contributed by atoms with Gasteiger partial charge < -0.3 is 15.7 Å². The Morgan fingerprint density at radius 3 is 1.86 bits per heavy atom. The van der Waals surface area contributed by atoms with Gasteiger partial charge in [0, 0.05) is 6.42 Å². The van der Waals surface area contributed by atoms with Crippen LogP contribution in [-0.4, -0.2) is 35.0 Å². The fourth-order valence-corrected chi connectivity index (χ4v) is 2.07. The molecule has 0 atom stereocenters. The standard InChI is InChI=1S/C15H28N2O4/c1-6-15(7-2,9-13(20)21)17-12(19)10-16-11(18)8-14(3,4)5/h6-10H2,1-5H3,(H,16,18)(H,17,19)(H,20,21). The highest BCUT2D eigenvalue weighted by atomic mass is 16.4. The number of rotatable bonds is 8. The largest absolute Gasteiger partial charge is 0.481 e. The highest BCUT2D eigenvalue weighted by Gasteiger charge is 2.30. The van der Waals surface area contributed by atoms with Crippen LogP contribution >= 0.6 is 0 Å². The molecule has 0 aliphatic heterocycles. The van der Waals surface area contributed by atoms with Crippen molar-refractivity contribution >= 4 is 17.8 Å². The third kappa shape index (κ3) is 8.32. The highest BCUT2D eigenvalue weighted by Crippen LogP contribution is 2.20. The molecule has 3 N–H and O–H groups in total. The molecule has 122 valence electrons. The Morgan fingerprint density at radius 1 is 0.952 bits per heavy atom. The molecule has 0 saturated heterocycles. The van der Waals surface area contributed by atoms with E-state index in [1.54, 1.807) is 0 Å². The maximum absolute atomic E-state index is 11.9. The third-order valence-electron chi connectivity index (χ3n) is 3.38. The minimum absolute atomic E-state index is 0.123. The van der Waals surface area contributed by atoms with Gasteiger partial charge in [0.1, 0.15) is 0 Å². The van der Waals surface area contributed by atoms with Gasteiger partial charge in [0.2, 0.25) is 11.8 Å². The lowest BCUT2D eigenvalue weighted by molar-refractivity contribution is -0.139. The molecule has 6 heteroatoms. The van der Waals surface area contributed by atoms with Gasteiger partial charge in [-0.05, 0) is 18.3 Å². The number of hydrogen-bond acceptors (Lipinski definition) is 3. The quantitative estimate of drug-likeness (QED) is 0.635. The molecule has 0 aliphatic carbocycles. The Morgan fingerprint density at radius 2 is 1.48 bits per heavy atom. The second kappa shape index (κ2) is 8.00. The Bertz CT molecular complexity index is 382. The molecule has 0 heterocycles. The zero-order valence-electron chi connectivity index (χ0n) is 13.7. The fraction of sp³-hybridized carbons (Fsp3) is 0.800. The first kappa shape index (κ1) is 19.4. The number of hydrogen-bond donors (Lipinski definition) is 3. The van der Waals surface area contributed by atoms with Gasteiger partial charge in [-0.25, -0.2) is 0 Å². The molecule has 0 aromatic carbocycles. The normalized spacial score (nSPS) is 11.9. The van der Waals surface area contributed by atoms with Crippen LogP contribution in [-0.2, 0) is 14.4 Å². The van der Waals surface area contributed by atoms with Crippen molar-refractivity contribution in [1.29, 1.82) is 0 Å². The SMILES string of the molecule is CCC(CC)(CC(=O)O)NC(=O)CNC(=O)CC(C)(C)C. The maximum atomic E-state index is 11.9. The number of nitrogens with one attached hydrogen (secondary N) is 2. The lowest BCUT2D eigenvalue weighted by atomic mass is 9.89. The van der Waals surface area contributed by atoms with E-state index in [9.17, 15) is 14.4 Å². The topological polar surface area (TPSA) is 95.5 Å². The Labute approximate surface area is 126 Å². The van der Waals surface area contributed by atoms with Crippen LogP contribution in [0.25, 0.3) is 0 Å². The van der Waals surface area contributed by atoms with E-state index in [0.717, 1.165) is 0 Å². The average Bonchev–Trinajstić information content (AvgIpc) is 2.33. The monoisotopic (exact) mass is 300 g/mol. The van der Waals surface area contributed by atoms with E-state index in [2.05, 4.69) is 10.6 Å². The number of carboxylic acids is 1. The first-order chi connectivity index (χ1) is 9.53. The van der Waals surface area contributed by atoms with Gasteiger partial charge in [-0.1, -0.05) is 34.6 Å². The molecule has 0 fully saturated rings. The van der Waals surface area contributed by atoms with Crippen molar-refractivity contribution in [3.05, 3.63) is 0 Å². The zero-order valence-corrected chi connectivity index (χ0v) is 13.7. The summed E-state index contributed by atoms with van der Waals surface area (Å²) in [6, 6.07) is 0. The fourth-order valence-electron chi connectivity index (χ4n) is 2.07. The predicted molar refractivity (Wildman–Crippen MR) is 80.8 cm³/mol. The van der Waals surface area contributed by atoms with Gasteiger partial charge in [-0.3, -0.25) is 14.4 Å². The van der Waals surface area contributed by atoms with Crippen LogP contribution in [0.1, 0.15) is 60.3 Å². The van der Waals surface area contributed by atoms with Crippen molar-refractivity contribution < 1.29 is 19.5 Å². The maximum Gasteiger partial charge on any atom is 0.305 e. The summed E-state index contributed by atoms with van der Waals surface area (Å²) >= 11 is 0. The summed E-state index contributed by atoms with van der Waals surface area (Å²) in [5, 5.41) is 14.3. The predicted octanol–water partition coefficient (Wildman–Crippen LogP) is 1.69. The lowest BCUT2D eigenvalue weighted by Gasteiger charge is -2.31. The number of aliphatic carboxylic acids is 1. The molecule has 2 amide bonds. The van der Waals surface area contributed by atoms with Crippen molar-refractivity contribution in [1.82, 2.24) is 10.6 Å². The second-order valence-electron chi connectivity index (χ2n) is 6.62. The molecule has 0 bridgehead atoms. The van der Waals surface area contributed by atoms with Gasteiger partial charge in [0.25, 0.3) is 0 Å². The number of carbonyl (C=O) groups excluding carboxylic acids is 2. The average molecular weight is 300 g/mol. The van der Waals surface area contributed by atoms with Gasteiger partial charge in [0.05, 0.1) is 18.5 Å². The van der Waals surface area contributed by atoms with Crippen molar-refractivity contribution in [2.24, 2.45) is 5.41 Å². The van der Waals surface area contributed by atoms with Crippen molar-refractivity contribution in [3.63, 3.8) is 0 Å². The van der Waals surface area contributed by atoms with E-state index in [-0.39, 0.29) is 30.2 Å². The molecule has 0 rings (SSSR count). The van der Waals surface area contributed by atoms with E-state index in [4.69, 9.17) is 5.11 Å². The molecule has 21 heavy (non-hydrogen) atoms. The van der Waals surface area contributed by atoms with Crippen LogP contribution in [0.5, 0.6) is 0 Å². The molecule has 0 aliphatic rings. The van der Waals surface area contributed by atoms with E-state index in [0.29, 0.717) is 19.3 Å². The molecule has 0 saturated carbocycles. The van der Waals surface area contributed by atoms with Crippen molar-refractivity contribution in [2.45, 2.75) is 65.8 Å². The summed E-state index contributed by atoms with van der Waals surface area (Å²) in [6.07, 6.45) is 1.26. The Kier molecular flexibility index (Phi) is 7.39. The van der Waals surface area contributed by atoms with Crippen LogP contribution in [0.3, 0.4) is 0 Å². The van der Waals surface area contributed by atoms with E-state index in [1.807, 2.05) is 34.6 Å². The highest BCUT2D eigenvalue weighted by molar-refractivity contribution is 5.85. The van der Waals surface area contributed by atoms with Gasteiger partial charge >= 0.3 is 5.97 Å². The van der Waals surface area contributed by atoms with Crippen molar-refractivity contribution in [3.8, 4) is 0 Å². The van der Waals surface area contributed by atoms with Gasteiger partial charge in [-0.2, -0.15) is 0 Å². The minimum Gasteiger partial charge on any atom is -0.481 e. The molecule has 0 radical (unpaired) electrons. The summed E-state index contributed by atoms with van der Waals surface area (Å²) in [7, 11) is 0. The van der Waals surface area contributed by atoms with Crippen LogP contribution in [0.2, 0.25) is 0 Å². The molecule has 6 nitrogen and oxygen atoms in total. The minimum atomic E-state index is -0.948. The first-order valence-corrected chi connectivity index (χ1v) is 7.33. The van der Waals surface area contributed by atoms with Crippen LogP contribution < -0.4 is 10.6 Å². The number of carbonyl (C=O) groups is 3. The molecule has 0 unspecified atom stereocenters. The summed E-state index contributed by atoms with van der Waals surface area (Å²) in [5.41, 5.74) is -0.891. The smallest absolute Gasteiger partial charge is 0.305 e. The lowest BCUT2D eigenvalue weighted by Crippen LogP contribution is -2.52. The Balaban J connectivity index is 4.46. The first-order valence-electron chi connectivity index (χ1n) is 7.33. The van der Waals surface area contributed by atoms with E-state index < -0.39 is 11.5 Å². The molecule has 0 spiro atoms. The van der Waals surface area contributed by atoms with Crippen molar-refractivity contribution in [2.75, 3.05) is 6.54 Å². The van der Waals surface area contributed by atoms with Crippen LogP contribution in [0.4, 0.5) is 0 Å². The van der Waals surface area contributed by atoms with E-state index >= 15 is 0 Å². The van der Waals surface area contributed by atoms with Crippen LogP contribution in [0, 0.1) is 5.41 Å². The number of amides is 2. The number of carboxylic acid groups (broad SMARTS) is 1. The molecular weight excluding hydrogens is 272 g/mol. The van der Waals surface area contributed by atoms with E-state index in [1.165, 1.54) is 0 Å². The molecule has 0 aromatic heterocycles. The van der Waals surface area contributed by atoms with Gasteiger partial charge in [-0.15, -0.1) is 0 Å². The Hall–Kier alpha value is -1.59.